The van der Waals surface area contributed by atoms with Crippen LogP contribution in [0.15, 0.2) is 55.7 Å². The summed E-state index contributed by atoms with van der Waals surface area (Å²) in [7, 11) is 0. The van der Waals surface area contributed by atoms with Gasteiger partial charge in [0.1, 0.15) is 37.9 Å². The van der Waals surface area contributed by atoms with Crippen molar-refractivity contribution in [1.82, 2.24) is 0 Å². The van der Waals surface area contributed by atoms with E-state index in [9.17, 15) is 9.59 Å². The summed E-state index contributed by atoms with van der Waals surface area (Å²) in [6.07, 6.45) is 4.12. The van der Waals surface area contributed by atoms with Gasteiger partial charge in [0.15, 0.2) is 0 Å². The van der Waals surface area contributed by atoms with E-state index in [0.29, 0.717) is 38.1 Å². The van der Waals surface area contributed by atoms with Crippen LogP contribution < -0.4 is 9.47 Å². The normalized spacial score (nSPS) is 13.0. The lowest BCUT2D eigenvalue weighted by Gasteiger charge is -2.30. The molecule has 0 saturated heterocycles. The summed E-state index contributed by atoms with van der Waals surface area (Å²) in [4.78, 5) is 21.9. The quantitative estimate of drug-likeness (QED) is 0.151. The standard InChI is InChI=1S/C25H32O8/c1-4-24(26)32-14-10-28-8-12-30-21-6-7-22(20-16-19(3)17-20)23(18-21)31-13-9-29-11-15-33-25(27)5-2/h4-7,18,20H,1-3,8-17H2. The largest absolute Gasteiger partial charge is 0.491 e. The number of allylic oxidation sites excluding steroid dienone is 1. The van der Waals surface area contributed by atoms with E-state index in [1.807, 2.05) is 18.2 Å². The van der Waals surface area contributed by atoms with E-state index < -0.39 is 11.9 Å². The smallest absolute Gasteiger partial charge is 0.330 e. The van der Waals surface area contributed by atoms with E-state index in [-0.39, 0.29) is 26.4 Å². The molecule has 0 unspecified atom stereocenters. The lowest BCUT2D eigenvalue weighted by molar-refractivity contribution is -0.140. The number of hydrogen-bond acceptors (Lipinski definition) is 8. The Hall–Kier alpha value is -3.10. The monoisotopic (exact) mass is 460 g/mol. The molecule has 0 aromatic heterocycles. The van der Waals surface area contributed by atoms with Crippen LogP contribution in [0, 0.1) is 0 Å². The molecular formula is C25H32O8. The third-order valence-corrected chi connectivity index (χ3v) is 4.75. The third-order valence-electron chi connectivity index (χ3n) is 4.75. The number of carbonyl (C=O) groups is 2. The highest BCUT2D eigenvalue weighted by Crippen LogP contribution is 2.44. The van der Waals surface area contributed by atoms with Gasteiger partial charge >= 0.3 is 11.9 Å². The molecule has 0 amide bonds. The number of carbonyl (C=O) groups excluding carboxylic acids is 2. The first-order valence-electron chi connectivity index (χ1n) is 10.8. The molecule has 2 rings (SSSR count). The molecule has 0 spiro atoms. The second kappa shape index (κ2) is 14.9. The van der Waals surface area contributed by atoms with Gasteiger partial charge in [-0.3, -0.25) is 0 Å². The minimum Gasteiger partial charge on any atom is -0.491 e. The van der Waals surface area contributed by atoms with Gasteiger partial charge in [0, 0.05) is 18.2 Å². The molecule has 8 heteroatoms. The Bertz CT molecular complexity index is 809. The third kappa shape index (κ3) is 9.93. The molecular weight excluding hydrogens is 428 g/mol. The fraction of sp³-hybridized carbons (Fsp3) is 0.440. The summed E-state index contributed by atoms with van der Waals surface area (Å²) in [5.74, 6) is 0.871. The van der Waals surface area contributed by atoms with E-state index in [0.717, 1.165) is 36.3 Å². The van der Waals surface area contributed by atoms with Crippen LogP contribution in [-0.4, -0.2) is 64.8 Å². The van der Waals surface area contributed by atoms with Crippen LogP contribution in [0.2, 0.25) is 0 Å². The van der Waals surface area contributed by atoms with Crippen LogP contribution in [-0.2, 0) is 28.5 Å². The van der Waals surface area contributed by atoms with E-state index in [2.05, 4.69) is 19.7 Å². The minimum atomic E-state index is -0.473. The van der Waals surface area contributed by atoms with Gasteiger partial charge in [-0.1, -0.05) is 31.4 Å². The Kier molecular flexibility index (Phi) is 11.8. The van der Waals surface area contributed by atoms with Crippen LogP contribution >= 0.6 is 0 Å². The van der Waals surface area contributed by atoms with Gasteiger partial charge in [0.25, 0.3) is 0 Å². The number of ether oxygens (including phenoxy) is 6. The van der Waals surface area contributed by atoms with Crippen molar-refractivity contribution in [2.75, 3.05) is 52.9 Å². The first-order valence-corrected chi connectivity index (χ1v) is 10.8. The van der Waals surface area contributed by atoms with Gasteiger partial charge in [-0.25, -0.2) is 9.59 Å². The predicted octanol–water partition coefficient (Wildman–Crippen LogP) is 3.37. The van der Waals surface area contributed by atoms with Crippen molar-refractivity contribution in [3.63, 3.8) is 0 Å². The second-order valence-corrected chi connectivity index (χ2v) is 7.22. The van der Waals surface area contributed by atoms with Crippen molar-refractivity contribution in [2.45, 2.75) is 18.8 Å². The molecule has 1 aliphatic carbocycles. The number of benzene rings is 1. The summed E-state index contributed by atoms with van der Waals surface area (Å²) < 4.78 is 32.2. The van der Waals surface area contributed by atoms with Crippen molar-refractivity contribution in [2.24, 2.45) is 0 Å². The SMILES string of the molecule is C=CC(=O)OCCOCCOc1ccc(C2CC(=C)C2)c(OCCOCCOC(=O)C=C)c1. The molecule has 1 aromatic rings. The van der Waals surface area contributed by atoms with E-state index in [1.165, 1.54) is 5.57 Å². The summed E-state index contributed by atoms with van der Waals surface area (Å²) in [6.45, 7) is 13.0. The molecule has 33 heavy (non-hydrogen) atoms. The Morgan fingerprint density at radius 3 is 1.91 bits per heavy atom. The lowest BCUT2D eigenvalue weighted by atomic mass is 9.76. The zero-order valence-electron chi connectivity index (χ0n) is 18.9. The van der Waals surface area contributed by atoms with E-state index in [4.69, 9.17) is 28.4 Å². The van der Waals surface area contributed by atoms with Gasteiger partial charge in [0.05, 0.1) is 26.4 Å². The summed E-state index contributed by atoms with van der Waals surface area (Å²) >= 11 is 0. The fourth-order valence-electron chi connectivity index (χ4n) is 3.08. The average molecular weight is 461 g/mol. The highest BCUT2D eigenvalue weighted by Gasteiger charge is 2.26. The minimum absolute atomic E-state index is 0.169. The molecule has 0 aliphatic heterocycles. The average Bonchev–Trinajstić information content (AvgIpc) is 2.80. The molecule has 0 atom stereocenters. The van der Waals surface area contributed by atoms with Crippen LogP contribution in [0.1, 0.15) is 24.3 Å². The number of hydrogen-bond donors (Lipinski definition) is 0. The molecule has 0 radical (unpaired) electrons. The Labute approximate surface area is 194 Å². The first-order chi connectivity index (χ1) is 16.0. The second-order valence-electron chi connectivity index (χ2n) is 7.22. The summed E-state index contributed by atoms with van der Waals surface area (Å²) in [5.41, 5.74) is 2.36. The molecule has 1 aliphatic rings. The van der Waals surface area contributed by atoms with Gasteiger partial charge < -0.3 is 28.4 Å². The first kappa shape index (κ1) is 26.2. The van der Waals surface area contributed by atoms with Gasteiger partial charge in [-0.05, 0) is 30.4 Å². The van der Waals surface area contributed by atoms with Crippen LogP contribution in [0.25, 0.3) is 0 Å². The summed E-state index contributed by atoms with van der Waals surface area (Å²) in [6, 6.07) is 5.81. The predicted molar refractivity (Wildman–Crippen MR) is 122 cm³/mol. The molecule has 180 valence electrons. The number of rotatable bonds is 17. The van der Waals surface area contributed by atoms with E-state index in [1.54, 1.807) is 0 Å². The van der Waals surface area contributed by atoms with Crippen molar-refractivity contribution >= 4 is 11.9 Å². The molecule has 1 fully saturated rings. The number of esters is 2. The highest BCUT2D eigenvalue weighted by atomic mass is 16.6. The van der Waals surface area contributed by atoms with E-state index >= 15 is 0 Å². The molecule has 0 heterocycles. The van der Waals surface area contributed by atoms with Crippen LogP contribution in [0.3, 0.4) is 0 Å². The van der Waals surface area contributed by atoms with Crippen molar-refractivity contribution < 1.29 is 38.0 Å². The van der Waals surface area contributed by atoms with Crippen LogP contribution in [0.4, 0.5) is 0 Å². The molecule has 8 nitrogen and oxygen atoms in total. The highest BCUT2D eigenvalue weighted by molar-refractivity contribution is 5.81. The Morgan fingerprint density at radius 1 is 0.818 bits per heavy atom. The maximum absolute atomic E-state index is 11.0. The molecule has 1 aromatic carbocycles. The van der Waals surface area contributed by atoms with Gasteiger partial charge in [0.2, 0.25) is 0 Å². The van der Waals surface area contributed by atoms with Crippen LogP contribution in [0.5, 0.6) is 11.5 Å². The summed E-state index contributed by atoms with van der Waals surface area (Å²) in [5, 5.41) is 0. The molecule has 1 saturated carbocycles. The van der Waals surface area contributed by atoms with Gasteiger partial charge in [-0.2, -0.15) is 0 Å². The van der Waals surface area contributed by atoms with Crippen molar-refractivity contribution in [3.8, 4) is 11.5 Å². The zero-order valence-corrected chi connectivity index (χ0v) is 18.9. The zero-order chi connectivity index (χ0) is 23.9. The topological polar surface area (TPSA) is 89.5 Å². The molecule has 0 N–H and O–H groups in total. The molecule has 0 bridgehead atoms. The van der Waals surface area contributed by atoms with Gasteiger partial charge in [-0.15, -0.1) is 0 Å². The van der Waals surface area contributed by atoms with Crippen molar-refractivity contribution in [3.05, 3.63) is 61.2 Å². The Morgan fingerprint density at radius 2 is 1.36 bits per heavy atom. The fourth-order valence-corrected chi connectivity index (χ4v) is 3.08. The van der Waals surface area contributed by atoms with Crippen molar-refractivity contribution in [1.29, 1.82) is 0 Å². The Balaban J connectivity index is 1.75. The lowest BCUT2D eigenvalue weighted by Crippen LogP contribution is -2.16. The maximum atomic E-state index is 11.0. The maximum Gasteiger partial charge on any atom is 0.330 e.